The normalized spacial score (nSPS) is 19.1. The van der Waals surface area contributed by atoms with E-state index in [-0.39, 0.29) is 34.2 Å². The molecule has 1 aromatic heterocycles. The third-order valence-electron chi connectivity index (χ3n) is 6.81. The second kappa shape index (κ2) is 8.42. The van der Waals surface area contributed by atoms with Crippen molar-refractivity contribution in [2.45, 2.75) is 39.5 Å². The number of Topliss-reactive ketones (excluding diaryl/α,β-unsaturated/α-hetero) is 1. The van der Waals surface area contributed by atoms with E-state index in [1.807, 2.05) is 32.9 Å². The lowest BCUT2D eigenvalue weighted by molar-refractivity contribution is -0.119. The Bertz CT molecular complexity index is 1530. The first-order valence-electron chi connectivity index (χ1n) is 11.7. The number of hydrogen-bond acceptors (Lipinski definition) is 7. The number of ether oxygens (including phenoxy) is 2. The summed E-state index contributed by atoms with van der Waals surface area (Å²) >= 11 is 0. The topological polar surface area (TPSA) is 116 Å². The summed E-state index contributed by atoms with van der Waals surface area (Å²) in [6.07, 6.45) is 0.912. The fourth-order valence-electron chi connectivity index (χ4n) is 5.14. The summed E-state index contributed by atoms with van der Waals surface area (Å²) in [6.45, 7) is 5.89. The van der Waals surface area contributed by atoms with Crippen molar-refractivity contribution in [1.82, 2.24) is 0 Å². The molecule has 0 saturated carbocycles. The van der Waals surface area contributed by atoms with E-state index < -0.39 is 5.92 Å². The highest BCUT2D eigenvalue weighted by Gasteiger charge is 2.43. The highest BCUT2D eigenvalue weighted by atomic mass is 16.5. The Kier molecular flexibility index (Phi) is 5.48. The van der Waals surface area contributed by atoms with E-state index in [1.165, 1.54) is 0 Å². The predicted octanol–water partition coefficient (Wildman–Crippen LogP) is 5.43. The van der Waals surface area contributed by atoms with Crippen LogP contribution in [0.1, 0.15) is 59.9 Å². The van der Waals surface area contributed by atoms with Crippen LogP contribution in [0.5, 0.6) is 5.75 Å². The molecule has 0 amide bonds. The number of nitrogens with zero attached hydrogens (tertiary/aromatic N) is 1. The molecule has 0 bridgehead atoms. The summed E-state index contributed by atoms with van der Waals surface area (Å²) in [5.74, 6) is 0.465. The predicted molar refractivity (Wildman–Crippen MR) is 133 cm³/mol. The molecule has 2 aromatic carbocycles. The Morgan fingerprint density at radius 2 is 1.89 bits per heavy atom. The molecule has 0 fully saturated rings. The number of ketones is 2. The third-order valence-corrected chi connectivity index (χ3v) is 6.81. The molecule has 182 valence electrons. The first-order chi connectivity index (χ1) is 17.1. The van der Waals surface area contributed by atoms with Crippen LogP contribution in [-0.4, -0.2) is 18.7 Å². The lowest BCUT2D eigenvalue weighted by Gasteiger charge is -2.37. The van der Waals surface area contributed by atoms with Crippen LogP contribution in [0.3, 0.4) is 0 Å². The van der Waals surface area contributed by atoms with E-state index in [9.17, 15) is 14.9 Å². The zero-order valence-electron chi connectivity index (χ0n) is 20.6. The number of carbonyl (C=O) groups excluding carboxylic acids is 2. The fraction of sp³-hybridized carbons (Fsp3) is 0.276. The standard InChI is InChI=1S/C29H26N2O5/c1-15-9-17(24-20(14-30)28(31)36-23-13-29(2,3)12-21(32)25(23)24)10-18-11-22(35-27(15)18)26(33)16-5-7-19(34-4)8-6-16/h5-11,24H,12-13,31H2,1-4H3. The van der Waals surface area contributed by atoms with E-state index in [0.29, 0.717) is 46.5 Å². The number of carbonyl (C=O) groups is 2. The Morgan fingerprint density at radius 3 is 2.56 bits per heavy atom. The van der Waals surface area contributed by atoms with Gasteiger partial charge in [-0.2, -0.15) is 5.26 Å². The zero-order valence-corrected chi connectivity index (χ0v) is 20.6. The van der Waals surface area contributed by atoms with Crippen LogP contribution >= 0.6 is 0 Å². The van der Waals surface area contributed by atoms with Crippen LogP contribution in [-0.2, 0) is 9.53 Å². The van der Waals surface area contributed by atoms with Gasteiger partial charge in [-0.15, -0.1) is 0 Å². The number of fused-ring (bicyclic) bond motifs is 1. The molecule has 7 nitrogen and oxygen atoms in total. The van der Waals surface area contributed by atoms with Crippen LogP contribution in [0.4, 0.5) is 0 Å². The van der Waals surface area contributed by atoms with Crippen molar-refractivity contribution in [2.24, 2.45) is 11.1 Å². The first-order valence-corrected chi connectivity index (χ1v) is 11.7. The molecular weight excluding hydrogens is 456 g/mol. The van der Waals surface area contributed by atoms with Crippen LogP contribution in [0, 0.1) is 23.7 Å². The number of rotatable bonds is 4. The van der Waals surface area contributed by atoms with Crippen molar-refractivity contribution in [3.8, 4) is 11.8 Å². The molecule has 1 aliphatic heterocycles. The minimum atomic E-state index is -0.638. The average molecular weight is 483 g/mol. The molecule has 3 aromatic rings. The molecule has 0 saturated heterocycles. The maximum atomic E-state index is 13.3. The lowest BCUT2D eigenvalue weighted by atomic mass is 9.70. The second-order valence-corrected chi connectivity index (χ2v) is 10.1. The van der Waals surface area contributed by atoms with Crippen molar-refractivity contribution in [3.63, 3.8) is 0 Å². The number of furan rings is 1. The van der Waals surface area contributed by atoms with Gasteiger partial charge in [-0.1, -0.05) is 19.9 Å². The van der Waals surface area contributed by atoms with Gasteiger partial charge in [0.05, 0.1) is 13.0 Å². The van der Waals surface area contributed by atoms with Gasteiger partial charge in [-0.25, -0.2) is 0 Å². The lowest BCUT2D eigenvalue weighted by Crippen LogP contribution is -2.33. The number of nitrogens with two attached hydrogens (primary N) is 1. The summed E-state index contributed by atoms with van der Waals surface area (Å²) in [6, 6.07) is 14.4. The summed E-state index contributed by atoms with van der Waals surface area (Å²) in [4.78, 5) is 26.3. The van der Waals surface area contributed by atoms with Crippen LogP contribution < -0.4 is 10.5 Å². The third kappa shape index (κ3) is 3.85. The van der Waals surface area contributed by atoms with E-state index >= 15 is 0 Å². The largest absolute Gasteiger partial charge is 0.497 e. The molecule has 0 spiro atoms. The summed E-state index contributed by atoms with van der Waals surface area (Å²) in [7, 11) is 1.57. The molecule has 1 unspecified atom stereocenters. The van der Waals surface area contributed by atoms with E-state index in [2.05, 4.69) is 6.07 Å². The Labute approximate surface area is 208 Å². The molecule has 2 N–H and O–H groups in total. The molecule has 1 aliphatic carbocycles. The minimum Gasteiger partial charge on any atom is -0.497 e. The molecular formula is C29H26N2O5. The van der Waals surface area contributed by atoms with Gasteiger partial charge in [0.15, 0.2) is 11.5 Å². The van der Waals surface area contributed by atoms with Crippen molar-refractivity contribution in [3.05, 3.63) is 87.7 Å². The van der Waals surface area contributed by atoms with Gasteiger partial charge < -0.3 is 19.6 Å². The van der Waals surface area contributed by atoms with Crippen LogP contribution in [0.25, 0.3) is 11.0 Å². The molecule has 2 aliphatic rings. The Balaban J connectivity index is 1.60. The van der Waals surface area contributed by atoms with Gasteiger partial charge in [-0.3, -0.25) is 9.59 Å². The molecule has 7 heteroatoms. The van der Waals surface area contributed by atoms with Crippen molar-refractivity contribution in [2.75, 3.05) is 7.11 Å². The number of aryl methyl sites for hydroxylation is 1. The average Bonchev–Trinajstić information content (AvgIpc) is 3.27. The molecule has 1 atom stereocenters. The number of benzene rings is 2. The highest BCUT2D eigenvalue weighted by molar-refractivity contribution is 6.09. The maximum Gasteiger partial charge on any atom is 0.228 e. The van der Waals surface area contributed by atoms with E-state index in [1.54, 1.807) is 37.4 Å². The first kappa shape index (κ1) is 23.4. The number of allylic oxidation sites excluding steroid dienone is 3. The molecule has 2 heterocycles. The van der Waals surface area contributed by atoms with Gasteiger partial charge in [0.1, 0.15) is 28.7 Å². The summed E-state index contributed by atoms with van der Waals surface area (Å²) in [5, 5.41) is 10.6. The van der Waals surface area contributed by atoms with Gasteiger partial charge in [0.25, 0.3) is 0 Å². The maximum absolute atomic E-state index is 13.3. The quantitative estimate of drug-likeness (QED) is 0.493. The number of methoxy groups -OCH3 is 1. The Morgan fingerprint density at radius 1 is 1.17 bits per heavy atom. The summed E-state index contributed by atoms with van der Waals surface area (Å²) in [5.41, 5.74) is 9.15. The number of hydrogen-bond donors (Lipinski definition) is 1. The van der Waals surface area contributed by atoms with Crippen molar-refractivity contribution < 1.29 is 23.5 Å². The zero-order chi connectivity index (χ0) is 25.8. The van der Waals surface area contributed by atoms with E-state index in [4.69, 9.17) is 19.6 Å². The van der Waals surface area contributed by atoms with Crippen LogP contribution in [0.15, 0.2) is 69.7 Å². The van der Waals surface area contributed by atoms with Gasteiger partial charge in [-0.05, 0) is 59.9 Å². The second-order valence-electron chi connectivity index (χ2n) is 10.1. The summed E-state index contributed by atoms with van der Waals surface area (Å²) < 4.78 is 16.9. The van der Waals surface area contributed by atoms with Crippen molar-refractivity contribution in [1.29, 1.82) is 5.26 Å². The monoisotopic (exact) mass is 482 g/mol. The fourth-order valence-corrected chi connectivity index (χ4v) is 5.14. The highest BCUT2D eigenvalue weighted by Crippen LogP contribution is 2.48. The van der Waals surface area contributed by atoms with Crippen LogP contribution in [0.2, 0.25) is 0 Å². The van der Waals surface area contributed by atoms with Gasteiger partial charge in [0.2, 0.25) is 11.7 Å². The smallest absolute Gasteiger partial charge is 0.228 e. The Hall–Kier alpha value is -4.31. The molecule has 5 rings (SSSR count). The van der Waals surface area contributed by atoms with Gasteiger partial charge in [0, 0.05) is 29.4 Å². The van der Waals surface area contributed by atoms with Gasteiger partial charge >= 0.3 is 0 Å². The van der Waals surface area contributed by atoms with Crippen molar-refractivity contribution >= 4 is 22.5 Å². The minimum absolute atomic E-state index is 0.0204. The molecule has 0 radical (unpaired) electrons. The number of nitriles is 1. The SMILES string of the molecule is COc1ccc(C(=O)c2cc3cc(C4C(C#N)=C(N)OC5=C4C(=O)CC(C)(C)C5)cc(C)c3o2)cc1. The van der Waals surface area contributed by atoms with E-state index in [0.717, 1.165) is 11.1 Å². The molecule has 36 heavy (non-hydrogen) atoms.